The Hall–Kier alpha value is -0.900. The summed E-state index contributed by atoms with van der Waals surface area (Å²) >= 11 is 3.05. The van der Waals surface area contributed by atoms with E-state index >= 15 is 0 Å². The molecule has 1 N–H and O–H groups in total. The van der Waals surface area contributed by atoms with Crippen molar-refractivity contribution in [2.75, 3.05) is 0 Å². The molecule has 0 atom stereocenters. The predicted octanol–water partition coefficient (Wildman–Crippen LogP) is 3.51. The van der Waals surface area contributed by atoms with E-state index in [1.807, 2.05) is 20.8 Å². The fourth-order valence-corrected chi connectivity index (χ4v) is 1.35. The Morgan fingerprint density at radius 3 is 2.62 bits per heavy atom. The van der Waals surface area contributed by atoms with E-state index in [-0.39, 0.29) is 11.4 Å². The number of carbonyl (C=O) groups is 1. The number of carbonyl (C=O) groups excluding carboxylic acids is 1. The van der Waals surface area contributed by atoms with Crippen molar-refractivity contribution in [3.05, 3.63) is 34.1 Å². The van der Waals surface area contributed by atoms with Gasteiger partial charge in [-0.2, -0.15) is 0 Å². The van der Waals surface area contributed by atoms with Crippen LogP contribution < -0.4 is 5.32 Å². The monoisotopic (exact) mass is 287 g/mol. The molecule has 4 heteroatoms. The van der Waals surface area contributed by atoms with Crippen molar-refractivity contribution in [1.82, 2.24) is 5.32 Å². The Bertz CT molecular complexity index is 404. The molecule has 1 aromatic rings. The van der Waals surface area contributed by atoms with Crippen LogP contribution in [0.5, 0.6) is 0 Å². The number of rotatable bonds is 3. The van der Waals surface area contributed by atoms with Crippen LogP contribution in [0.3, 0.4) is 0 Å². The van der Waals surface area contributed by atoms with Gasteiger partial charge in [-0.3, -0.25) is 4.79 Å². The molecular formula is C12H15BrFNO. The molecular weight excluding hydrogens is 273 g/mol. The van der Waals surface area contributed by atoms with E-state index in [1.165, 1.54) is 12.1 Å². The lowest BCUT2D eigenvalue weighted by atomic mass is 10.0. The van der Waals surface area contributed by atoms with Crippen molar-refractivity contribution < 1.29 is 9.18 Å². The molecule has 0 fully saturated rings. The number of amides is 1. The molecule has 0 saturated heterocycles. The maximum atomic E-state index is 13.2. The third kappa shape index (κ3) is 3.30. The lowest BCUT2D eigenvalue weighted by molar-refractivity contribution is 0.0911. The summed E-state index contributed by atoms with van der Waals surface area (Å²) < 4.78 is 13.6. The van der Waals surface area contributed by atoms with Gasteiger partial charge in [0.15, 0.2) is 0 Å². The van der Waals surface area contributed by atoms with Gasteiger partial charge >= 0.3 is 0 Å². The molecule has 16 heavy (non-hydrogen) atoms. The highest BCUT2D eigenvalue weighted by Crippen LogP contribution is 2.17. The molecule has 1 amide bonds. The maximum Gasteiger partial charge on any atom is 0.251 e. The highest BCUT2D eigenvalue weighted by Gasteiger charge is 2.19. The van der Waals surface area contributed by atoms with Gasteiger partial charge in [-0.1, -0.05) is 6.92 Å². The normalized spacial score (nSPS) is 11.3. The molecule has 0 aliphatic carbocycles. The first-order valence-corrected chi connectivity index (χ1v) is 5.92. The number of benzene rings is 1. The first-order valence-electron chi connectivity index (χ1n) is 5.13. The van der Waals surface area contributed by atoms with Crippen molar-refractivity contribution in [1.29, 1.82) is 0 Å². The van der Waals surface area contributed by atoms with Gasteiger partial charge in [0.1, 0.15) is 5.82 Å². The molecule has 0 heterocycles. The zero-order chi connectivity index (χ0) is 12.3. The summed E-state index contributed by atoms with van der Waals surface area (Å²) in [5.41, 5.74) is 0.0582. The topological polar surface area (TPSA) is 29.1 Å². The number of hydrogen-bond donors (Lipinski definition) is 1. The Morgan fingerprint density at radius 1 is 1.50 bits per heavy atom. The number of nitrogens with one attached hydrogen (secondary N) is 1. The summed E-state index contributed by atoms with van der Waals surface area (Å²) in [6.07, 6.45) is 0.817. The lowest BCUT2D eigenvalue weighted by Gasteiger charge is -2.24. The highest BCUT2D eigenvalue weighted by molar-refractivity contribution is 9.10. The van der Waals surface area contributed by atoms with Gasteiger partial charge in [-0.05, 0) is 54.4 Å². The Morgan fingerprint density at radius 2 is 2.12 bits per heavy atom. The van der Waals surface area contributed by atoms with Crippen molar-refractivity contribution in [3.8, 4) is 0 Å². The number of halogens is 2. The minimum absolute atomic E-state index is 0.252. The Balaban J connectivity index is 2.85. The fourth-order valence-electron chi connectivity index (χ4n) is 1.11. The summed E-state index contributed by atoms with van der Waals surface area (Å²) in [4.78, 5) is 11.8. The van der Waals surface area contributed by atoms with Crippen molar-refractivity contribution in [2.45, 2.75) is 32.7 Å². The fraction of sp³-hybridized carbons (Fsp3) is 0.417. The van der Waals surface area contributed by atoms with E-state index in [0.717, 1.165) is 6.42 Å². The van der Waals surface area contributed by atoms with Crippen LogP contribution in [0.1, 0.15) is 37.6 Å². The molecule has 88 valence electrons. The maximum absolute atomic E-state index is 13.2. The summed E-state index contributed by atoms with van der Waals surface area (Å²) in [5.74, 6) is -0.680. The average Bonchev–Trinajstić information content (AvgIpc) is 2.21. The van der Waals surface area contributed by atoms with Gasteiger partial charge in [0.25, 0.3) is 5.91 Å². The molecule has 0 radical (unpaired) electrons. The largest absolute Gasteiger partial charge is 0.347 e. The Labute approximate surface area is 103 Å². The third-order valence-electron chi connectivity index (χ3n) is 2.52. The standard InChI is InChI=1S/C12H15BrFNO/c1-4-12(2,3)15-11(16)8-5-6-9(13)10(14)7-8/h5-7H,4H2,1-3H3,(H,15,16). The van der Waals surface area contributed by atoms with Gasteiger partial charge in [-0.15, -0.1) is 0 Å². The molecule has 2 nitrogen and oxygen atoms in total. The van der Waals surface area contributed by atoms with Crippen LogP contribution in [0, 0.1) is 5.82 Å². The summed E-state index contributed by atoms with van der Waals surface area (Å²) in [6.45, 7) is 5.85. The van der Waals surface area contributed by atoms with Gasteiger partial charge in [0.05, 0.1) is 4.47 Å². The van der Waals surface area contributed by atoms with Crippen LogP contribution in [-0.4, -0.2) is 11.4 Å². The minimum atomic E-state index is -0.429. The predicted molar refractivity (Wildman–Crippen MR) is 65.9 cm³/mol. The molecule has 0 aromatic heterocycles. The number of hydrogen-bond acceptors (Lipinski definition) is 1. The van der Waals surface area contributed by atoms with E-state index in [2.05, 4.69) is 21.2 Å². The van der Waals surface area contributed by atoms with Crippen LogP contribution in [0.4, 0.5) is 4.39 Å². The minimum Gasteiger partial charge on any atom is -0.347 e. The molecule has 0 spiro atoms. The quantitative estimate of drug-likeness (QED) is 0.906. The highest BCUT2D eigenvalue weighted by atomic mass is 79.9. The average molecular weight is 288 g/mol. The summed E-state index contributed by atoms with van der Waals surface area (Å²) in [6, 6.07) is 4.35. The van der Waals surface area contributed by atoms with Crippen LogP contribution in [0.2, 0.25) is 0 Å². The summed E-state index contributed by atoms with van der Waals surface area (Å²) in [5, 5.41) is 2.85. The van der Waals surface area contributed by atoms with Crippen LogP contribution in [0.25, 0.3) is 0 Å². The van der Waals surface area contributed by atoms with E-state index in [1.54, 1.807) is 6.07 Å². The second-order valence-electron chi connectivity index (χ2n) is 4.32. The van der Waals surface area contributed by atoms with Crippen LogP contribution in [-0.2, 0) is 0 Å². The molecule has 0 aliphatic heterocycles. The van der Waals surface area contributed by atoms with Crippen molar-refractivity contribution in [2.24, 2.45) is 0 Å². The molecule has 0 saturated carbocycles. The second kappa shape index (κ2) is 4.95. The molecule has 1 aromatic carbocycles. The lowest BCUT2D eigenvalue weighted by Crippen LogP contribution is -2.42. The molecule has 0 bridgehead atoms. The zero-order valence-corrected chi connectivity index (χ0v) is 11.2. The van der Waals surface area contributed by atoms with E-state index in [9.17, 15) is 9.18 Å². The summed E-state index contributed by atoms with van der Waals surface area (Å²) in [7, 11) is 0. The smallest absolute Gasteiger partial charge is 0.251 e. The second-order valence-corrected chi connectivity index (χ2v) is 5.17. The van der Waals surface area contributed by atoms with Gasteiger partial charge < -0.3 is 5.32 Å². The molecule has 1 rings (SSSR count). The molecule has 0 unspecified atom stereocenters. The SMILES string of the molecule is CCC(C)(C)NC(=O)c1ccc(Br)c(F)c1. The molecule has 0 aliphatic rings. The van der Waals surface area contributed by atoms with Gasteiger partial charge in [-0.25, -0.2) is 4.39 Å². The van der Waals surface area contributed by atoms with E-state index in [4.69, 9.17) is 0 Å². The Kier molecular flexibility index (Phi) is 4.08. The van der Waals surface area contributed by atoms with Gasteiger partial charge in [0, 0.05) is 11.1 Å². The van der Waals surface area contributed by atoms with Gasteiger partial charge in [0.2, 0.25) is 0 Å². The van der Waals surface area contributed by atoms with E-state index in [0.29, 0.717) is 10.0 Å². The van der Waals surface area contributed by atoms with Crippen LogP contribution >= 0.6 is 15.9 Å². The first-order chi connectivity index (χ1) is 7.35. The van der Waals surface area contributed by atoms with Crippen molar-refractivity contribution in [3.63, 3.8) is 0 Å². The zero-order valence-electron chi connectivity index (χ0n) is 9.60. The third-order valence-corrected chi connectivity index (χ3v) is 3.16. The van der Waals surface area contributed by atoms with Crippen LogP contribution in [0.15, 0.2) is 22.7 Å². The van der Waals surface area contributed by atoms with E-state index < -0.39 is 5.82 Å². The van der Waals surface area contributed by atoms with Crippen molar-refractivity contribution >= 4 is 21.8 Å². The first kappa shape index (κ1) is 13.2.